The van der Waals surface area contributed by atoms with Crippen LogP contribution in [0, 0.1) is 11.6 Å². The average Bonchev–Trinajstić information content (AvgIpc) is 2.87. The Morgan fingerprint density at radius 3 is 2.27 bits per heavy atom. The molecule has 2 aromatic rings. The van der Waals surface area contributed by atoms with Crippen LogP contribution in [0.15, 0.2) is 30.3 Å². The Bertz CT molecular complexity index is 1530. The van der Waals surface area contributed by atoms with E-state index in [1.165, 1.54) is 6.07 Å². The molecule has 2 aromatic carbocycles. The van der Waals surface area contributed by atoms with Gasteiger partial charge in [0.05, 0.1) is 14.7 Å². The van der Waals surface area contributed by atoms with Crippen molar-refractivity contribution in [3.8, 4) is 5.75 Å². The molecular formula is C30H41F2N3O8SSi. The number of halogens is 2. The van der Waals surface area contributed by atoms with Gasteiger partial charge in [0.25, 0.3) is 0 Å². The molecule has 0 bridgehead atoms. The fourth-order valence-electron chi connectivity index (χ4n) is 5.04. The van der Waals surface area contributed by atoms with Gasteiger partial charge in [-0.3, -0.25) is 9.59 Å². The first-order valence-electron chi connectivity index (χ1n) is 14.6. The monoisotopic (exact) mass is 669 g/mol. The Morgan fingerprint density at radius 2 is 1.73 bits per heavy atom. The van der Waals surface area contributed by atoms with E-state index in [0.717, 1.165) is 16.4 Å². The predicted octanol–water partition coefficient (Wildman–Crippen LogP) is 4.79. The van der Waals surface area contributed by atoms with Gasteiger partial charge in [-0.05, 0) is 75.9 Å². The molecule has 11 nitrogen and oxygen atoms in total. The molecule has 3 rings (SSSR count). The molecule has 0 saturated heterocycles. The number of nitrogens with one attached hydrogen (secondary N) is 1. The molecule has 15 heteroatoms. The highest BCUT2D eigenvalue weighted by Gasteiger charge is 2.45. The summed E-state index contributed by atoms with van der Waals surface area (Å²) in [5.74, 6) is -3.26. The van der Waals surface area contributed by atoms with Crippen LogP contribution in [0.1, 0.15) is 57.7 Å². The predicted molar refractivity (Wildman–Crippen MR) is 167 cm³/mol. The van der Waals surface area contributed by atoms with Crippen LogP contribution >= 0.6 is 0 Å². The molecule has 0 unspecified atom stereocenters. The van der Waals surface area contributed by atoms with E-state index in [1.54, 1.807) is 59.5 Å². The van der Waals surface area contributed by atoms with E-state index in [-0.39, 0.29) is 35.8 Å². The fourth-order valence-corrected chi connectivity index (χ4v) is 8.26. The highest BCUT2D eigenvalue weighted by atomic mass is 32.2. The van der Waals surface area contributed by atoms with Crippen LogP contribution in [0.2, 0.25) is 19.6 Å². The standard InChI is InChI=1S/C30H41F2N3O8SSi/c1-8-42-21-11-12-22-19(16-21)13-15-34(44(40,41)35(14-9-10-25(36)37)29(39)43-30(2,3)4)26(22)28(38)33-20-17-23(31)27(24(32)18-20)45(5,6)7/h11-12,16-18,26H,8-10,13-15H2,1-7H3,(H,33,38)(H,36,37)/t26-/m1/s1. The highest BCUT2D eigenvalue weighted by Crippen LogP contribution is 2.36. The van der Waals surface area contributed by atoms with E-state index in [2.05, 4.69) is 5.32 Å². The Kier molecular flexibility index (Phi) is 11.0. The SMILES string of the molecule is CCOc1ccc2c(c1)CCN(S(=O)(=O)N(CCCC(=O)O)C(=O)OC(C)(C)C)[C@H]2C(=O)Nc1cc(F)c([Si](C)(C)C)c(F)c1. The van der Waals surface area contributed by atoms with Crippen LogP contribution in [0.25, 0.3) is 0 Å². The summed E-state index contributed by atoms with van der Waals surface area (Å²) >= 11 is 0. The van der Waals surface area contributed by atoms with Crippen molar-refractivity contribution >= 4 is 47.1 Å². The number of carboxylic acid groups (broad SMARTS) is 1. The minimum absolute atomic E-state index is 0.0365. The number of carboxylic acids is 1. The zero-order chi connectivity index (χ0) is 33.9. The molecule has 1 atom stereocenters. The number of fused-ring (bicyclic) bond motifs is 1. The zero-order valence-electron chi connectivity index (χ0n) is 26.6. The summed E-state index contributed by atoms with van der Waals surface area (Å²) in [5.41, 5.74) is -0.416. The summed E-state index contributed by atoms with van der Waals surface area (Å²) in [5, 5.41) is 11.5. The number of benzene rings is 2. The maximum Gasteiger partial charge on any atom is 0.425 e. The third-order valence-corrected chi connectivity index (χ3v) is 10.7. The summed E-state index contributed by atoms with van der Waals surface area (Å²) in [6.45, 7) is 11.3. The first-order valence-corrected chi connectivity index (χ1v) is 19.5. The minimum Gasteiger partial charge on any atom is -0.494 e. The molecular weight excluding hydrogens is 628 g/mol. The maximum atomic E-state index is 15.0. The van der Waals surface area contributed by atoms with Crippen molar-refractivity contribution < 1.29 is 46.2 Å². The van der Waals surface area contributed by atoms with E-state index >= 15 is 8.78 Å². The summed E-state index contributed by atoms with van der Waals surface area (Å²) in [4.78, 5) is 38.3. The van der Waals surface area contributed by atoms with Crippen LogP contribution in [-0.4, -0.2) is 73.5 Å². The Morgan fingerprint density at radius 1 is 1.11 bits per heavy atom. The lowest BCUT2D eigenvalue weighted by Gasteiger charge is -2.38. The molecule has 0 radical (unpaired) electrons. The molecule has 45 heavy (non-hydrogen) atoms. The van der Waals surface area contributed by atoms with Crippen molar-refractivity contribution in [2.24, 2.45) is 0 Å². The van der Waals surface area contributed by atoms with E-state index in [0.29, 0.717) is 22.2 Å². The molecule has 248 valence electrons. The molecule has 1 heterocycles. The number of rotatable bonds is 11. The number of nitrogens with zero attached hydrogens (tertiary/aromatic N) is 2. The van der Waals surface area contributed by atoms with Crippen LogP contribution in [0.3, 0.4) is 0 Å². The number of anilines is 1. The van der Waals surface area contributed by atoms with Gasteiger partial charge in [-0.2, -0.15) is 17.0 Å². The molecule has 0 spiro atoms. The second-order valence-electron chi connectivity index (χ2n) is 12.7. The van der Waals surface area contributed by atoms with E-state index in [9.17, 15) is 22.8 Å². The van der Waals surface area contributed by atoms with Crippen molar-refractivity contribution in [2.45, 2.75) is 78.2 Å². The first kappa shape index (κ1) is 35.9. The summed E-state index contributed by atoms with van der Waals surface area (Å²) < 4.78 is 70.6. The second kappa shape index (κ2) is 13.8. The summed E-state index contributed by atoms with van der Waals surface area (Å²) in [6, 6.07) is 5.21. The number of hydrogen-bond acceptors (Lipinski definition) is 7. The quantitative estimate of drug-likeness (QED) is 0.325. The zero-order valence-corrected chi connectivity index (χ0v) is 28.4. The maximum absolute atomic E-state index is 15.0. The summed E-state index contributed by atoms with van der Waals surface area (Å²) in [7, 11) is -7.24. The van der Waals surface area contributed by atoms with Gasteiger partial charge in [0, 0.05) is 30.4 Å². The van der Waals surface area contributed by atoms with Gasteiger partial charge >= 0.3 is 22.3 Å². The van der Waals surface area contributed by atoms with Gasteiger partial charge in [-0.15, -0.1) is 0 Å². The summed E-state index contributed by atoms with van der Waals surface area (Å²) in [6.07, 6.45) is -1.73. The van der Waals surface area contributed by atoms with Gasteiger partial charge in [0.1, 0.15) is 29.0 Å². The van der Waals surface area contributed by atoms with Crippen molar-refractivity contribution in [1.82, 2.24) is 8.61 Å². The number of amides is 2. The topological polar surface area (TPSA) is 143 Å². The number of carbonyl (C=O) groups excluding carboxylic acids is 2. The van der Waals surface area contributed by atoms with Crippen molar-refractivity contribution in [3.63, 3.8) is 0 Å². The van der Waals surface area contributed by atoms with Crippen LogP contribution in [0.4, 0.5) is 19.3 Å². The lowest BCUT2D eigenvalue weighted by atomic mass is 9.93. The minimum atomic E-state index is -4.82. The van der Waals surface area contributed by atoms with Gasteiger partial charge in [0.2, 0.25) is 5.91 Å². The van der Waals surface area contributed by atoms with Crippen LogP contribution in [-0.2, 0) is 31.0 Å². The van der Waals surface area contributed by atoms with Gasteiger partial charge < -0.3 is 19.9 Å². The second-order valence-corrected chi connectivity index (χ2v) is 19.5. The fraction of sp³-hybridized carbons (Fsp3) is 0.500. The van der Waals surface area contributed by atoms with Crippen molar-refractivity contribution in [3.05, 3.63) is 53.1 Å². The Hall–Kier alpha value is -3.56. The van der Waals surface area contributed by atoms with E-state index < -0.39 is 72.5 Å². The molecule has 2 amide bonds. The van der Waals surface area contributed by atoms with Gasteiger partial charge in [0.15, 0.2) is 0 Å². The largest absolute Gasteiger partial charge is 0.494 e. The lowest BCUT2D eigenvalue weighted by molar-refractivity contribution is -0.137. The molecule has 1 aliphatic heterocycles. The lowest BCUT2D eigenvalue weighted by Crippen LogP contribution is -2.53. The normalized spacial score (nSPS) is 15.6. The Balaban J connectivity index is 2.11. The van der Waals surface area contributed by atoms with Crippen molar-refractivity contribution in [2.75, 3.05) is 25.0 Å². The van der Waals surface area contributed by atoms with Gasteiger partial charge in [-0.25, -0.2) is 13.6 Å². The van der Waals surface area contributed by atoms with Crippen molar-refractivity contribution in [1.29, 1.82) is 0 Å². The Labute approximate surface area is 263 Å². The third-order valence-electron chi connectivity index (χ3n) is 6.84. The molecule has 1 aliphatic rings. The van der Waals surface area contributed by atoms with Crippen LogP contribution < -0.4 is 15.2 Å². The van der Waals surface area contributed by atoms with Gasteiger partial charge in [-0.1, -0.05) is 25.7 Å². The average molecular weight is 670 g/mol. The van der Waals surface area contributed by atoms with E-state index in [4.69, 9.17) is 14.6 Å². The number of ether oxygens (including phenoxy) is 2. The molecule has 0 aliphatic carbocycles. The smallest absolute Gasteiger partial charge is 0.425 e. The number of aliphatic carboxylic acids is 1. The first-order chi connectivity index (χ1) is 20.8. The molecule has 0 aromatic heterocycles. The third kappa shape index (κ3) is 8.79. The van der Waals surface area contributed by atoms with Crippen LogP contribution in [0.5, 0.6) is 5.75 Å². The highest BCUT2D eigenvalue weighted by molar-refractivity contribution is 7.87. The molecule has 0 fully saturated rings. The molecule has 2 N–H and O–H groups in total. The number of hydrogen-bond donors (Lipinski definition) is 2. The molecule has 0 saturated carbocycles. The van der Waals surface area contributed by atoms with E-state index in [1.807, 2.05) is 0 Å². The number of carbonyl (C=O) groups is 3.